The van der Waals surface area contributed by atoms with Crippen LogP contribution in [0.25, 0.3) is 0 Å². The van der Waals surface area contributed by atoms with E-state index >= 15 is 0 Å². The molecule has 3 aromatic rings. The number of halogens is 3. The number of hydrogen-bond acceptors (Lipinski definition) is 5. The quantitative estimate of drug-likeness (QED) is 0.508. The van der Waals surface area contributed by atoms with Crippen LogP contribution < -0.4 is 14.7 Å². The van der Waals surface area contributed by atoms with Crippen molar-refractivity contribution >= 4 is 23.2 Å². The Morgan fingerprint density at radius 1 is 0.824 bits per heavy atom. The topological polar surface area (TPSA) is 59.1 Å². The zero-order chi connectivity index (χ0) is 24.0. The molecule has 2 aliphatic rings. The summed E-state index contributed by atoms with van der Waals surface area (Å²) in [6.45, 7) is 1.90. The number of ether oxygens (including phenoxy) is 1. The Morgan fingerprint density at radius 2 is 1.47 bits per heavy atom. The van der Waals surface area contributed by atoms with Crippen LogP contribution in [0.5, 0.6) is 5.75 Å². The highest BCUT2D eigenvalue weighted by molar-refractivity contribution is 6.23. The van der Waals surface area contributed by atoms with E-state index in [1.54, 1.807) is 48.5 Å². The molecule has 0 spiro atoms. The van der Waals surface area contributed by atoms with Gasteiger partial charge in [-0.2, -0.15) is 0 Å². The fraction of sp³-hybridized carbons (Fsp3) is 0.200. The normalized spacial score (nSPS) is 22.3. The van der Waals surface area contributed by atoms with Crippen LogP contribution in [0.3, 0.4) is 0 Å². The van der Waals surface area contributed by atoms with Gasteiger partial charge in [0.15, 0.2) is 6.10 Å². The molecular weight excluding hydrogens is 449 g/mol. The molecule has 5 rings (SSSR count). The van der Waals surface area contributed by atoms with Gasteiger partial charge in [-0.25, -0.2) is 9.96 Å². The third-order valence-corrected chi connectivity index (χ3v) is 5.87. The number of fused-ring (bicyclic) bond motifs is 1. The van der Waals surface area contributed by atoms with Crippen molar-refractivity contribution in [3.05, 3.63) is 90.0 Å². The summed E-state index contributed by atoms with van der Waals surface area (Å²) in [6, 6.07) is 20.4. The van der Waals surface area contributed by atoms with Crippen LogP contribution >= 0.6 is 0 Å². The minimum Gasteiger partial charge on any atom is -0.406 e. The second kappa shape index (κ2) is 8.18. The van der Waals surface area contributed by atoms with Crippen molar-refractivity contribution in [2.75, 3.05) is 9.96 Å². The van der Waals surface area contributed by atoms with E-state index in [0.717, 1.165) is 10.5 Å². The Balaban J connectivity index is 1.53. The lowest BCUT2D eigenvalue weighted by atomic mass is 9.90. The van der Waals surface area contributed by atoms with Crippen LogP contribution in [0.2, 0.25) is 0 Å². The van der Waals surface area contributed by atoms with E-state index in [0.29, 0.717) is 16.9 Å². The van der Waals surface area contributed by atoms with Crippen LogP contribution in [0.1, 0.15) is 17.2 Å². The number of benzene rings is 3. The first-order chi connectivity index (χ1) is 16.2. The summed E-state index contributed by atoms with van der Waals surface area (Å²) in [5.41, 5.74) is 2.55. The average molecular weight is 468 g/mol. The van der Waals surface area contributed by atoms with E-state index in [1.165, 1.54) is 29.3 Å². The van der Waals surface area contributed by atoms with E-state index in [-0.39, 0.29) is 5.75 Å². The summed E-state index contributed by atoms with van der Waals surface area (Å²) in [5, 5.41) is 1.48. The maximum atomic E-state index is 13.5. The third-order valence-electron chi connectivity index (χ3n) is 5.87. The summed E-state index contributed by atoms with van der Waals surface area (Å²) in [5.74, 6) is -2.19. The van der Waals surface area contributed by atoms with E-state index in [4.69, 9.17) is 4.84 Å². The maximum absolute atomic E-state index is 13.5. The highest BCUT2D eigenvalue weighted by atomic mass is 19.4. The average Bonchev–Trinajstić information content (AvgIpc) is 3.31. The number of alkyl halides is 3. The summed E-state index contributed by atoms with van der Waals surface area (Å²) in [7, 11) is 0. The molecule has 0 radical (unpaired) electrons. The lowest BCUT2D eigenvalue weighted by Gasteiger charge is -2.29. The Hall–Kier alpha value is -3.85. The standard InChI is InChI=1S/C25H19F3N2O4/c1-15-7-11-17(12-8-15)29-23(31)20-21(16-9-13-19(14-10-16)33-25(26,27)28)30(34-22(20)24(29)32)18-5-3-2-4-6-18/h2-14,20-22H,1H3. The summed E-state index contributed by atoms with van der Waals surface area (Å²) < 4.78 is 41.7. The monoisotopic (exact) mass is 468 g/mol. The van der Waals surface area contributed by atoms with Crippen molar-refractivity contribution in [2.24, 2.45) is 5.92 Å². The van der Waals surface area contributed by atoms with E-state index in [1.807, 2.05) is 13.0 Å². The second-order valence-electron chi connectivity index (χ2n) is 8.12. The molecule has 2 saturated heterocycles. The van der Waals surface area contributed by atoms with Crippen LogP contribution in [0.4, 0.5) is 24.5 Å². The molecule has 3 atom stereocenters. The van der Waals surface area contributed by atoms with Gasteiger partial charge in [-0.15, -0.1) is 13.2 Å². The molecule has 2 fully saturated rings. The van der Waals surface area contributed by atoms with Crippen LogP contribution in [0.15, 0.2) is 78.9 Å². The molecule has 0 bridgehead atoms. The Kier molecular flexibility index (Phi) is 5.28. The summed E-state index contributed by atoms with van der Waals surface area (Å²) >= 11 is 0. The van der Waals surface area contributed by atoms with Gasteiger partial charge in [-0.05, 0) is 48.9 Å². The first kappa shape index (κ1) is 22.0. The molecule has 0 aromatic heterocycles. The maximum Gasteiger partial charge on any atom is 0.573 e. The SMILES string of the molecule is Cc1ccc(N2C(=O)C3ON(c4ccccc4)C(c4ccc(OC(F)(F)F)cc4)C3C2=O)cc1. The number of imide groups is 1. The van der Waals surface area contributed by atoms with E-state index in [9.17, 15) is 22.8 Å². The molecule has 6 nitrogen and oxygen atoms in total. The van der Waals surface area contributed by atoms with Gasteiger partial charge >= 0.3 is 6.36 Å². The van der Waals surface area contributed by atoms with Crippen molar-refractivity contribution in [3.8, 4) is 5.75 Å². The van der Waals surface area contributed by atoms with Crippen LogP contribution in [0, 0.1) is 12.8 Å². The third kappa shape index (κ3) is 3.88. The van der Waals surface area contributed by atoms with Gasteiger partial charge in [0.05, 0.1) is 17.4 Å². The van der Waals surface area contributed by atoms with Gasteiger partial charge in [0.25, 0.3) is 5.91 Å². The Morgan fingerprint density at radius 3 is 2.09 bits per heavy atom. The van der Waals surface area contributed by atoms with Gasteiger partial charge in [-0.3, -0.25) is 14.4 Å². The number of aryl methyl sites for hydroxylation is 1. The summed E-state index contributed by atoms with van der Waals surface area (Å²) in [6.07, 6.45) is -5.88. The van der Waals surface area contributed by atoms with Crippen LogP contribution in [-0.4, -0.2) is 24.3 Å². The molecular formula is C25H19F3N2O4. The van der Waals surface area contributed by atoms with Crippen molar-refractivity contribution in [2.45, 2.75) is 25.4 Å². The second-order valence-corrected chi connectivity index (χ2v) is 8.12. The number of hydroxylamine groups is 1. The van der Waals surface area contributed by atoms with Gasteiger partial charge in [0, 0.05) is 0 Å². The molecule has 2 aliphatic heterocycles. The number of anilines is 2. The van der Waals surface area contributed by atoms with Crippen molar-refractivity contribution in [1.82, 2.24) is 0 Å². The highest BCUT2D eigenvalue weighted by Crippen LogP contribution is 2.47. The molecule has 34 heavy (non-hydrogen) atoms. The largest absolute Gasteiger partial charge is 0.573 e. The smallest absolute Gasteiger partial charge is 0.406 e. The zero-order valence-electron chi connectivity index (χ0n) is 17.9. The van der Waals surface area contributed by atoms with E-state index in [2.05, 4.69) is 4.74 Å². The molecule has 9 heteroatoms. The van der Waals surface area contributed by atoms with Gasteiger partial charge in [0.1, 0.15) is 11.7 Å². The number of rotatable bonds is 4. The van der Waals surface area contributed by atoms with Crippen LogP contribution in [-0.2, 0) is 14.4 Å². The van der Waals surface area contributed by atoms with Gasteiger partial charge < -0.3 is 4.74 Å². The minimum absolute atomic E-state index is 0.381. The Labute approximate surface area is 193 Å². The number of amides is 2. The predicted molar refractivity (Wildman–Crippen MR) is 117 cm³/mol. The van der Waals surface area contributed by atoms with Crippen molar-refractivity contribution in [1.29, 1.82) is 0 Å². The fourth-order valence-electron chi connectivity index (χ4n) is 4.37. The molecule has 174 valence electrons. The molecule has 0 N–H and O–H groups in total. The van der Waals surface area contributed by atoms with Gasteiger partial charge in [-0.1, -0.05) is 48.0 Å². The molecule has 3 aromatic carbocycles. The number of carbonyl (C=O) groups excluding carboxylic acids is 2. The number of hydrogen-bond donors (Lipinski definition) is 0. The molecule has 2 heterocycles. The van der Waals surface area contributed by atoms with E-state index < -0.39 is 36.2 Å². The summed E-state index contributed by atoms with van der Waals surface area (Å²) in [4.78, 5) is 33.9. The Bertz CT molecular complexity index is 1210. The number of para-hydroxylation sites is 1. The molecule has 3 unspecified atom stereocenters. The predicted octanol–water partition coefficient (Wildman–Crippen LogP) is 4.94. The van der Waals surface area contributed by atoms with Gasteiger partial charge in [0.2, 0.25) is 5.91 Å². The fourth-order valence-corrected chi connectivity index (χ4v) is 4.37. The zero-order valence-corrected chi connectivity index (χ0v) is 17.9. The molecule has 0 aliphatic carbocycles. The number of nitrogens with zero attached hydrogens (tertiary/aromatic N) is 2. The van der Waals surface area contributed by atoms with Crippen molar-refractivity contribution < 1.29 is 32.3 Å². The number of carbonyl (C=O) groups is 2. The lowest BCUT2D eigenvalue weighted by Crippen LogP contribution is -2.37. The lowest BCUT2D eigenvalue weighted by molar-refractivity contribution is -0.274. The van der Waals surface area contributed by atoms with Crippen molar-refractivity contribution in [3.63, 3.8) is 0 Å². The molecule has 2 amide bonds. The molecule has 0 saturated carbocycles. The highest BCUT2D eigenvalue weighted by Gasteiger charge is 2.60. The minimum atomic E-state index is -4.82. The first-order valence-electron chi connectivity index (χ1n) is 10.5. The first-order valence-corrected chi connectivity index (χ1v) is 10.5.